The van der Waals surface area contributed by atoms with Crippen molar-refractivity contribution < 1.29 is 29.0 Å². The van der Waals surface area contributed by atoms with E-state index in [1.807, 2.05) is 24.3 Å². The summed E-state index contributed by atoms with van der Waals surface area (Å²) >= 11 is 0. The first-order valence-electron chi connectivity index (χ1n) is 11.7. The van der Waals surface area contributed by atoms with E-state index in [0.717, 1.165) is 28.7 Å². The Morgan fingerprint density at radius 3 is 2.26 bits per heavy atom. The number of benzene rings is 2. The quantitative estimate of drug-likeness (QED) is 0.580. The van der Waals surface area contributed by atoms with Gasteiger partial charge >= 0.3 is 12.1 Å². The molecule has 34 heavy (non-hydrogen) atoms. The number of amides is 2. The van der Waals surface area contributed by atoms with Crippen LogP contribution in [0.5, 0.6) is 0 Å². The van der Waals surface area contributed by atoms with Gasteiger partial charge in [0.15, 0.2) is 6.10 Å². The molecule has 5 rings (SSSR count). The molecule has 2 atom stereocenters. The van der Waals surface area contributed by atoms with Crippen LogP contribution in [0.2, 0.25) is 0 Å². The molecular weight excluding hydrogens is 436 g/mol. The summed E-state index contributed by atoms with van der Waals surface area (Å²) in [5, 5.41) is 14.9. The van der Waals surface area contributed by atoms with Gasteiger partial charge in [-0.1, -0.05) is 48.5 Å². The zero-order valence-electron chi connectivity index (χ0n) is 18.8. The van der Waals surface area contributed by atoms with Gasteiger partial charge in [-0.3, -0.25) is 4.79 Å². The predicted molar refractivity (Wildman–Crippen MR) is 123 cm³/mol. The van der Waals surface area contributed by atoms with E-state index >= 15 is 0 Å². The van der Waals surface area contributed by atoms with Crippen molar-refractivity contribution in [3.8, 4) is 11.1 Å². The van der Waals surface area contributed by atoms with Crippen LogP contribution in [-0.2, 0) is 19.1 Å². The van der Waals surface area contributed by atoms with Crippen LogP contribution in [0.3, 0.4) is 0 Å². The normalized spacial score (nSPS) is 22.2. The van der Waals surface area contributed by atoms with Gasteiger partial charge in [0.05, 0.1) is 0 Å². The Morgan fingerprint density at radius 2 is 1.68 bits per heavy atom. The minimum absolute atomic E-state index is 0.0559. The van der Waals surface area contributed by atoms with Gasteiger partial charge < -0.3 is 25.2 Å². The van der Waals surface area contributed by atoms with Gasteiger partial charge in [0.1, 0.15) is 12.1 Å². The first-order chi connectivity index (χ1) is 16.5. The number of nitrogens with one attached hydrogen (secondary N) is 2. The molecular formula is C26H28N2O6. The highest BCUT2D eigenvalue weighted by Gasteiger charge is 2.46. The van der Waals surface area contributed by atoms with Gasteiger partial charge in [-0.25, -0.2) is 9.59 Å². The molecule has 8 nitrogen and oxygen atoms in total. The number of fused-ring (bicyclic) bond motifs is 3. The smallest absolute Gasteiger partial charge is 0.408 e. The lowest BCUT2D eigenvalue weighted by molar-refractivity contribution is -0.149. The maximum absolute atomic E-state index is 12.9. The van der Waals surface area contributed by atoms with Crippen molar-refractivity contribution >= 4 is 18.0 Å². The number of carboxylic acids is 1. The van der Waals surface area contributed by atoms with Crippen molar-refractivity contribution in [2.24, 2.45) is 5.92 Å². The van der Waals surface area contributed by atoms with Gasteiger partial charge in [-0.05, 0) is 47.9 Å². The number of carbonyl (C=O) groups is 3. The minimum Gasteiger partial charge on any atom is -0.479 e. The number of carboxylic acid groups (broad SMARTS) is 1. The van der Waals surface area contributed by atoms with E-state index in [9.17, 15) is 19.5 Å². The number of hydrogen-bond acceptors (Lipinski definition) is 5. The van der Waals surface area contributed by atoms with E-state index in [4.69, 9.17) is 9.47 Å². The lowest BCUT2D eigenvalue weighted by Gasteiger charge is -2.40. The first kappa shape index (κ1) is 22.4. The summed E-state index contributed by atoms with van der Waals surface area (Å²) in [6, 6.07) is 16.2. The SMILES string of the molecule is O=C(NC1(C(=O)NCC2CCOC2C(=O)O)CCC1)OCC1c2ccccc2-c2ccccc21. The number of hydrogen-bond donors (Lipinski definition) is 3. The van der Waals surface area contributed by atoms with Gasteiger partial charge in [-0.15, -0.1) is 0 Å². The minimum atomic E-state index is -1.02. The zero-order chi connectivity index (χ0) is 23.7. The van der Waals surface area contributed by atoms with Crippen molar-refractivity contribution in [1.29, 1.82) is 0 Å². The van der Waals surface area contributed by atoms with Crippen molar-refractivity contribution in [2.45, 2.75) is 43.2 Å². The summed E-state index contributed by atoms with van der Waals surface area (Å²) in [4.78, 5) is 37.0. The van der Waals surface area contributed by atoms with E-state index in [1.54, 1.807) is 0 Å². The molecule has 2 fully saturated rings. The van der Waals surface area contributed by atoms with E-state index < -0.39 is 23.7 Å². The average molecular weight is 465 g/mol. The number of alkyl carbamates (subject to hydrolysis) is 1. The average Bonchev–Trinajstić information content (AvgIpc) is 3.41. The summed E-state index contributed by atoms with van der Waals surface area (Å²) in [5.41, 5.74) is 3.54. The summed E-state index contributed by atoms with van der Waals surface area (Å²) in [6.45, 7) is 0.738. The third-order valence-electron chi connectivity index (χ3n) is 7.31. The van der Waals surface area contributed by atoms with Crippen molar-refractivity contribution in [2.75, 3.05) is 19.8 Å². The van der Waals surface area contributed by atoms with Crippen molar-refractivity contribution in [3.63, 3.8) is 0 Å². The third-order valence-corrected chi connectivity index (χ3v) is 7.31. The van der Waals surface area contributed by atoms with E-state index in [1.165, 1.54) is 0 Å². The summed E-state index contributed by atoms with van der Waals surface area (Å²) < 4.78 is 10.9. The fourth-order valence-electron chi connectivity index (χ4n) is 5.28. The second-order valence-corrected chi connectivity index (χ2v) is 9.27. The highest BCUT2D eigenvalue weighted by Crippen LogP contribution is 2.44. The van der Waals surface area contributed by atoms with Crippen molar-refractivity contribution in [3.05, 3.63) is 59.7 Å². The summed E-state index contributed by atoms with van der Waals surface area (Å²) in [5.74, 6) is -1.66. The molecule has 8 heteroatoms. The van der Waals surface area contributed by atoms with E-state index in [-0.39, 0.29) is 30.9 Å². The molecule has 0 bridgehead atoms. The lowest BCUT2D eigenvalue weighted by Crippen LogP contribution is -2.63. The van der Waals surface area contributed by atoms with E-state index in [2.05, 4.69) is 34.9 Å². The molecule has 178 valence electrons. The molecule has 2 aromatic rings. The topological polar surface area (TPSA) is 114 Å². The number of ether oxygens (including phenoxy) is 2. The molecule has 1 saturated carbocycles. The largest absolute Gasteiger partial charge is 0.479 e. The Labute approximate surface area is 197 Å². The summed E-state index contributed by atoms with van der Waals surface area (Å²) in [6.07, 6.45) is 0.905. The van der Waals surface area contributed by atoms with Crippen LogP contribution in [0, 0.1) is 5.92 Å². The Morgan fingerprint density at radius 1 is 1.03 bits per heavy atom. The van der Waals surface area contributed by atoms with Gasteiger partial charge in [0.2, 0.25) is 5.91 Å². The molecule has 2 amide bonds. The molecule has 2 unspecified atom stereocenters. The molecule has 3 aliphatic rings. The monoisotopic (exact) mass is 464 g/mol. The van der Waals surface area contributed by atoms with Crippen LogP contribution < -0.4 is 10.6 Å². The van der Waals surface area contributed by atoms with Crippen LogP contribution in [-0.4, -0.2) is 54.5 Å². The molecule has 1 heterocycles. The van der Waals surface area contributed by atoms with E-state index in [0.29, 0.717) is 25.9 Å². The molecule has 0 spiro atoms. The van der Waals surface area contributed by atoms with Gasteiger partial charge in [-0.2, -0.15) is 0 Å². The maximum Gasteiger partial charge on any atom is 0.408 e. The highest BCUT2D eigenvalue weighted by molar-refractivity contribution is 5.91. The molecule has 2 aromatic carbocycles. The van der Waals surface area contributed by atoms with Gasteiger partial charge in [0, 0.05) is 25.0 Å². The van der Waals surface area contributed by atoms with Crippen LogP contribution in [0.15, 0.2) is 48.5 Å². The van der Waals surface area contributed by atoms with Crippen LogP contribution in [0.1, 0.15) is 42.7 Å². The van der Waals surface area contributed by atoms with Gasteiger partial charge in [0.25, 0.3) is 0 Å². The first-order valence-corrected chi connectivity index (χ1v) is 11.7. The highest BCUT2D eigenvalue weighted by atomic mass is 16.5. The summed E-state index contributed by atoms with van der Waals surface area (Å²) in [7, 11) is 0. The molecule has 2 aliphatic carbocycles. The Hall–Kier alpha value is -3.39. The standard InChI is InChI=1S/C26H28N2O6/c29-23(30)22-16(10-13-33-22)14-27-24(31)26(11-5-12-26)28-25(32)34-15-21-19-8-3-1-6-17(19)18-7-2-4-9-20(18)21/h1-4,6-9,16,21-22H,5,10-15H2,(H,27,31)(H,28,32)(H,29,30). The molecule has 1 saturated heterocycles. The fourth-order valence-corrected chi connectivity index (χ4v) is 5.28. The molecule has 3 N–H and O–H groups in total. The molecule has 0 aromatic heterocycles. The third kappa shape index (κ3) is 4.03. The van der Waals surface area contributed by atoms with Crippen LogP contribution in [0.4, 0.5) is 4.79 Å². The maximum atomic E-state index is 12.9. The van der Waals surface area contributed by atoms with Crippen LogP contribution in [0.25, 0.3) is 11.1 Å². The van der Waals surface area contributed by atoms with Crippen LogP contribution >= 0.6 is 0 Å². The Balaban J connectivity index is 1.19. The second kappa shape index (κ2) is 9.10. The molecule has 0 radical (unpaired) electrons. The lowest BCUT2D eigenvalue weighted by atomic mass is 9.76. The fraction of sp³-hybridized carbons (Fsp3) is 0.423. The number of carbonyl (C=O) groups excluding carboxylic acids is 2. The molecule has 1 aliphatic heterocycles. The Kier molecular flexibility index (Phi) is 6.00. The predicted octanol–water partition coefficient (Wildman–Crippen LogP) is 3.05. The number of rotatable bonds is 7. The Bertz CT molecular complexity index is 1070. The van der Waals surface area contributed by atoms with Crippen molar-refractivity contribution in [1.82, 2.24) is 10.6 Å². The zero-order valence-corrected chi connectivity index (χ0v) is 18.8. The number of aliphatic carboxylic acids is 1. The second-order valence-electron chi connectivity index (χ2n) is 9.27.